The predicted molar refractivity (Wildman–Crippen MR) is 130 cm³/mol. The van der Waals surface area contributed by atoms with Gasteiger partial charge in [0.2, 0.25) is 0 Å². The Morgan fingerprint density at radius 2 is 1.69 bits per heavy atom. The van der Waals surface area contributed by atoms with Crippen LogP contribution in [0.2, 0.25) is 0 Å². The zero-order chi connectivity index (χ0) is 27.5. The van der Waals surface area contributed by atoms with Crippen LogP contribution in [0.4, 0.5) is 0 Å². The van der Waals surface area contributed by atoms with E-state index in [1.165, 1.54) is 11.3 Å². The van der Waals surface area contributed by atoms with Crippen molar-refractivity contribution in [2.24, 2.45) is 0 Å². The van der Waals surface area contributed by atoms with Gasteiger partial charge >= 0.3 is 17.9 Å². The molecule has 2 rings (SSSR count). The third-order valence-corrected chi connectivity index (χ3v) is 5.23. The number of aliphatic hydroxyl groups is 1. The molecular formula is C24H36N4O8. The van der Waals surface area contributed by atoms with Gasteiger partial charge in [0.15, 0.2) is 5.60 Å². The van der Waals surface area contributed by atoms with E-state index in [2.05, 4.69) is 48.6 Å². The number of hydrogen-bond acceptors (Lipinski definition) is 8. The number of allylic oxidation sites excluding steroid dienone is 1. The number of furan rings is 1. The molecule has 0 atom stereocenters. The second-order valence-corrected chi connectivity index (χ2v) is 8.73. The molecule has 0 aliphatic rings. The Hall–Kier alpha value is -3.48. The van der Waals surface area contributed by atoms with Crippen LogP contribution in [0, 0.1) is 13.8 Å². The van der Waals surface area contributed by atoms with Crippen LogP contribution >= 0.6 is 0 Å². The van der Waals surface area contributed by atoms with E-state index >= 15 is 0 Å². The molecule has 0 aromatic carbocycles. The largest absolute Gasteiger partial charge is 0.481 e. The molecule has 2 aromatic heterocycles. The Balaban J connectivity index is 0.000000426. The number of nitrogens with zero attached hydrogens (tertiary/aromatic N) is 4. The van der Waals surface area contributed by atoms with Crippen LogP contribution in [0.5, 0.6) is 0 Å². The van der Waals surface area contributed by atoms with E-state index in [9.17, 15) is 14.4 Å². The van der Waals surface area contributed by atoms with Crippen molar-refractivity contribution < 1.29 is 39.2 Å². The van der Waals surface area contributed by atoms with Crippen molar-refractivity contribution in [1.82, 2.24) is 19.6 Å². The average Bonchev–Trinajstić information content (AvgIpc) is 3.31. The first-order valence-electron chi connectivity index (χ1n) is 11.2. The fraction of sp³-hybridized carbons (Fsp3) is 0.500. The van der Waals surface area contributed by atoms with Gasteiger partial charge < -0.3 is 29.7 Å². The molecule has 4 N–H and O–H groups in total. The maximum absolute atomic E-state index is 10.3. The fourth-order valence-corrected chi connectivity index (χ4v) is 3.25. The van der Waals surface area contributed by atoms with Crippen molar-refractivity contribution in [2.75, 3.05) is 27.2 Å². The number of likely N-dealkylation sites (N-methyl/N-ethyl adjacent to an activating group) is 1. The first kappa shape index (κ1) is 30.6. The van der Waals surface area contributed by atoms with Crippen LogP contribution in [0.3, 0.4) is 0 Å². The van der Waals surface area contributed by atoms with Crippen molar-refractivity contribution in [2.45, 2.75) is 51.9 Å². The smallest absolute Gasteiger partial charge is 0.336 e. The molecule has 0 aliphatic heterocycles. The van der Waals surface area contributed by atoms with Crippen molar-refractivity contribution in [3.8, 4) is 0 Å². The van der Waals surface area contributed by atoms with Gasteiger partial charge in [-0.2, -0.15) is 5.10 Å². The van der Waals surface area contributed by atoms with Gasteiger partial charge in [0, 0.05) is 30.9 Å². The first-order valence-corrected chi connectivity index (χ1v) is 11.2. The molecule has 0 radical (unpaired) electrons. The van der Waals surface area contributed by atoms with E-state index in [0.29, 0.717) is 0 Å². The number of carboxylic acids is 3. The van der Waals surface area contributed by atoms with Crippen molar-refractivity contribution in [1.29, 1.82) is 0 Å². The second kappa shape index (κ2) is 14.2. The van der Waals surface area contributed by atoms with Crippen LogP contribution < -0.4 is 0 Å². The molecule has 0 unspecified atom stereocenters. The Morgan fingerprint density at radius 3 is 2.14 bits per heavy atom. The number of aliphatic carboxylic acids is 3. The minimum absolute atomic E-state index is 0.751. The lowest BCUT2D eigenvalue weighted by atomic mass is 9.96. The lowest BCUT2D eigenvalue weighted by Crippen LogP contribution is -2.42. The lowest BCUT2D eigenvalue weighted by Gasteiger charge is -2.23. The van der Waals surface area contributed by atoms with Gasteiger partial charge in [0.05, 0.1) is 32.1 Å². The third kappa shape index (κ3) is 10.4. The summed E-state index contributed by atoms with van der Waals surface area (Å²) in [6, 6.07) is 4.08. The van der Waals surface area contributed by atoms with Crippen LogP contribution in [0.15, 0.2) is 35.4 Å². The first-order chi connectivity index (χ1) is 16.8. The van der Waals surface area contributed by atoms with E-state index in [1.807, 2.05) is 29.9 Å². The van der Waals surface area contributed by atoms with E-state index in [-0.39, 0.29) is 0 Å². The summed E-state index contributed by atoms with van der Waals surface area (Å²) in [7, 11) is 4.20. The summed E-state index contributed by atoms with van der Waals surface area (Å²) in [6.07, 6.45) is 1.55. The normalized spacial score (nSPS) is 11.3. The summed E-state index contributed by atoms with van der Waals surface area (Å²) in [5, 5.41) is 38.3. The summed E-state index contributed by atoms with van der Waals surface area (Å²) in [4.78, 5) is 35.1. The summed E-state index contributed by atoms with van der Waals surface area (Å²) in [5.41, 5.74) is -0.276. The molecule has 2 heterocycles. The predicted octanol–water partition coefficient (Wildman–Crippen LogP) is 1.59. The van der Waals surface area contributed by atoms with Crippen LogP contribution in [-0.4, -0.2) is 90.7 Å². The SMILES string of the molecule is C=CCn1ncc(CN(CCN(C)C)Cc2ccc(C)o2)c1C.O=C(O)CC(O)(CC(=O)O)C(=O)O. The van der Waals surface area contributed by atoms with Gasteiger partial charge in [-0.05, 0) is 40.1 Å². The highest BCUT2D eigenvalue weighted by molar-refractivity contribution is 5.88. The fourth-order valence-electron chi connectivity index (χ4n) is 3.25. The topological polar surface area (TPSA) is 170 Å². The number of rotatable bonds is 14. The molecule has 12 nitrogen and oxygen atoms in total. The van der Waals surface area contributed by atoms with Crippen molar-refractivity contribution in [3.05, 3.63) is 53.8 Å². The standard InChI is InChI=1S/C18H28N4O.C6H8O7/c1-6-9-22-16(3)17(12-19-22)13-21(11-10-20(4)5)14-18-8-7-15(2)23-18;7-3(8)1-6(13,5(11)12)2-4(9)10/h6-8,12H,1,9-11,13-14H2,2-5H3;13H,1-2H2,(H,7,8)(H,9,10)(H,11,12). The number of aromatic nitrogens is 2. The van der Waals surface area contributed by atoms with E-state index in [1.54, 1.807) is 0 Å². The monoisotopic (exact) mass is 508 g/mol. The van der Waals surface area contributed by atoms with Crippen molar-refractivity contribution >= 4 is 17.9 Å². The van der Waals surface area contributed by atoms with Gasteiger partial charge in [-0.3, -0.25) is 19.2 Å². The van der Waals surface area contributed by atoms with Gasteiger partial charge in [0.25, 0.3) is 0 Å². The second-order valence-electron chi connectivity index (χ2n) is 8.73. The highest BCUT2D eigenvalue weighted by atomic mass is 16.4. The molecule has 0 saturated carbocycles. The van der Waals surface area contributed by atoms with E-state index < -0.39 is 36.4 Å². The summed E-state index contributed by atoms with van der Waals surface area (Å²) < 4.78 is 7.73. The summed E-state index contributed by atoms with van der Waals surface area (Å²) in [6.45, 7) is 12.3. The molecule has 36 heavy (non-hydrogen) atoms. The maximum atomic E-state index is 10.3. The molecule has 0 saturated heterocycles. The Labute approximate surface area is 210 Å². The molecule has 0 amide bonds. The number of hydrogen-bond donors (Lipinski definition) is 4. The van der Waals surface area contributed by atoms with Crippen LogP contribution in [0.1, 0.15) is 35.6 Å². The van der Waals surface area contributed by atoms with Gasteiger partial charge in [0.1, 0.15) is 11.5 Å². The zero-order valence-electron chi connectivity index (χ0n) is 21.2. The Kier molecular flexibility index (Phi) is 12.0. The number of aryl methyl sites for hydroxylation is 1. The van der Waals surface area contributed by atoms with Gasteiger partial charge in [-0.1, -0.05) is 6.08 Å². The van der Waals surface area contributed by atoms with E-state index in [0.717, 1.165) is 44.2 Å². The van der Waals surface area contributed by atoms with Crippen molar-refractivity contribution in [3.63, 3.8) is 0 Å². The zero-order valence-corrected chi connectivity index (χ0v) is 21.2. The molecule has 200 valence electrons. The molecular weight excluding hydrogens is 472 g/mol. The highest BCUT2D eigenvalue weighted by Crippen LogP contribution is 2.16. The quantitative estimate of drug-likeness (QED) is 0.273. The maximum Gasteiger partial charge on any atom is 0.336 e. The molecule has 0 bridgehead atoms. The average molecular weight is 509 g/mol. The minimum Gasteiger partial charge on any atom is -0.481 e. The minimum atomic E-state index is -2.74. The Morgan fingerprint density at radius 1 is 1.08 bits per heavy atom. The summed E-state index contributed by atoms with van der Waals surface area (Å²) >= 11 is 0. The third-order valence-electron chi connectivity index (χ3n) is 5.23. The van der Waals surface area contributed by atoms with Crippen LogP contribution in [-0.2, 0) is 34.0 Å². The molecule has 12 heteroatoms. The number of carbonyl (C=O) groups is 3. The highest BCUT2D eigenvalue weighted by Gasteiger charge is 2.40. The van der Waals surface area contributed by atoms with E-state index in [4.69, 9.17) is 24.8 Å². The molecule has 0 aliphatic carbocycles. The van der Waals surface area contributed by atoms with Gasteiger partial charge in [-0.15, -0.1) is 6.58 Å². The Bertz CT molecular complexity index is 1010. The molecule has 0 spiro atoms. The lowest BCUT2D eigenvalue weighted by molar-refractivity contribution is -0.170. The molecule has 2 aromatic rings. The van der Waals surface area contributed by atoms with Crippen LogP contribution in [0.25, 0.3) is 0 Å². The molecule has 0 fully saturated rings. The summed E-state index contributed by atoms with van der Waals surface area (Å²) in [5.74, 6) is -3.05. The van der Waals surface area contributed by atoms with Gasteiger partial charge in [-0.25, -0.2) is 4.79 Å². The number of carboxylic acid groups (broad SMARTS) is 3.